The standard InChI is InChI=1S/C27H33F2N3O5S/c1-16-20(12-11-19-10-9-18(15-31-19)21-8-7-13-30-24(21)36-6)23-17(2)32(25(33)37-26(3,4)5)38(34,35)22(23)14-27(16,28)29/h7-13,15-17,20,22-23H,14H2,1-6H3/b12-11+/t16-,17+,20-,22+,23-/m0/s1. The number of sulfonamides is 1. The van der Waals surface area contributed by atoms with E-state index in [1.54, 1.807) is 64.4 Å². The third kappa shape index (κ3) is 5.12. The molecule has 1 saturated carbocycles. The Morgan fingerprint density at radius 2 is 1.89 bits per heavy atom. The zero-order chi connectivity index (χ0) is 28.0. The van der Waals surface area contributed by atoms with Gasteiger partial charge in [-0.1, -0.05) is 19.1 Å². The lowest BCUT2D eigenvalue weighted by Crippen LogP contribution is -2.49. The molecule has 3 heterocycles. The van der Waals surface area contributed by atoms with Gasteiger partial charge in [0.1, 0.15) is 5.60 Å². The highest BCUT2D eigenvalue weighted by Crippen LogP contribution is 2.53. The van der Waals surface area contributed by atoms with E-state index in [0.717, 1.165) is 11.1 Å². The fourth-order valence-electron chi connectivity index (χ4n) is 5.44. The molecule has 1 aliphatic heterocycles. The molecule has 0 radical (unpaired) electrons. The van der Waals surface area contributed by atoms with Crippen LogP contribution in [0.3, 0.4) is 0 Å². The monoisotopic (exact) mass is 549 g/mol. The largest absolute Gasteiger partial charge is 0.481 e. The molecule has 0 unspecified atom stereocenters. The Morgan fingerprint density at radius 3 is 2.50 bits per heavy atom. The second kappa shape index (κ2) is 9.91. The molecular weight excluding hydrogens is 516 g/mol. The number of rotatable bonds is 4. The van der Waals surface area contributed by atoms with E-state index in [9.17, 15) is 13.2 Å². The van der Waals surface area contributed by atoms with Gasteiger partial charge < -0.3 is 9.47 Å². The maximum Gasteiger partial charge on any atom is 0.424 e. The molecule has 1 aliphatic carbocycles. The molecule has 0 bridgehead atoms. The summed E-state index contributed by atoms with van der Waals surface area (Å²) in [6.45, 7) is 7.87. The van der Waals surface area contributed by atoms with Crippen molar-refractivity contribution in [2.75, 3.05) is 7.11 Å². The van der Waals surface area contributed by atoms with Crippen LogP contribution in [0, 0.1) is 17.8 Å². The highest BCUT2D eigenvalue weighted by molar-refractivity contribution is 7.90. The predicted octanol–water partition coefficient (Wildman–Crippen LogP) is 5.41. The van der Waals surface area contributed by atoms with Crippen LogP contribution in [0.15, 0.2) is 42.7 Å². The van der Waals surface area contributed by atoms with Gasteiger partial charge in [-0.05, 0) is 57.9 Å². The van der Waals surface area contributed by atoms with Gasteiger partial charge in [-0.2, -0.15) is 0 Å². The summed E-state index contributed by atoms with van der Waals surface area (Å²) in [6.07, 6.45) is 4.60. The molecule has 11 heteroatoms. The number of carbonyl (C=O) groups excluding carboxylic acids is 1. The predicted molar refractivity (Wildman–Crippen MR) is 139 cm³/mol. The van der Waals surface area contributed by atoms with Crippen LogP contribution >= 0.6 is 0 Å². The zero-order valence-corrected chi connectivity index (χ0v) is 23.1. The summed E-state index contributed by atoms with van der Waals surface area (Å²) in [5.74, 6) is -5.47. The molecule has 2 fully saturated rings. The van der Waals surface area contributed by atoms with Crippen LogP contribution in [-0.2, 0) is 14.8 Å². The molecule has 38 heavy (non-hydrogen) atoms. The average molecular weight is 550 g/mol. The second-order valence-electron chi connectivity index (χ2n) is 10.9. The lowest BCUT2D eigenvalue weighted by molar-refractivity contribution is -0.108. The zero-order valence-electron chi connectivity index (χ0n) is 22.3. The fourth-order valence-corrected chi connectivity index (χ4v) is 7.82. The van der Waals surface area contributed by atoms with Crippen molar-refractivity contribution in [2.45, 2.75) is 63.9 Å². The van der Waals surface area contributed by atoms with Crippen LogP contribution in [0.2, 0.25) is 0 Å². The van der Waals surface area contributed by atoms with Crippen molar-refractivity contribution in [1.29, 1.82) is 0 Å². The van der Waals surface area contributed by atoms with E-state index in [-0.39, 0.29) is 0 Å². The minimum atomic E-state index is -4.35. The van der Waals surface area contributed by atoms with E-state index < -0.39 is 63.1 Å². The number of aromatic nitrogens is 2. The molecule has 4 rings (SSSR count). The van der Waals surface area contributed by atoms with Crippen molar-refractivity contribution in [3.05, 3.63) is 48.4 Å². The average Bonchev–Trinajstić information content (AvgIpc) is 3.02. The normalized spacial score (nSPS) is 28.2. The van der Waals surface area contributed by atoms with Gasteiger partial charge in [-0.3, -0.25) is 4.98 Å². The van der Waals surface area contributed by atoms with Crippen molar-refractivity contribution >= 4 is 22.2 Å². The lowest BCUT2D eigenvalue weighted by Gasteiger charge is -2.41. The second-order valence-corrected chi connectivity index (χ2v) is 12.9. The number of ether oxygens (including phenoxy) is 2. The molecule has 1 amide bonds. The molecule has 2 aromatic heterocycles. The Hall–Kier alpha value is -3.08. The first-order valence-corrected chi connectivity index (χ1v) is 14.0. The van der Waals surface area contributed by atoms with Gasteiger partial charge in [0.25, 0.3) is 5.92 Å². The van der Waals surface area contributed by atoms with Gasteiger partial charge in [0.15, 0.2) is 0 Å². The number of pyridine rings is 2. The Morgan fingerprint density at radius 1 is 1.18 bits per heavy atom. The molecule has 0 aromatic carbocycles. The highest BCUT2D eigenvalue weighted by Gasteiger charge is 2.64. The quantitative estimate of drug-likeness (QED) is 0.503. The molecule has 206 valence electrons. The van der Waals surface area contributed by atoms with Crippen molar-refractivity contribution in [3.8, 4) is 17.0 Å². The van der Waals surface area contributed by atoms with Crippen molar-refractivity contribution in [2.24, 2.45) is 17.8 Å². The Bertz CT molecular complexity index is 1320. The van der Waals surface area contributed by atoms with E-state index in [4.69, 9.17) is 9.47 Å². The van der Waals surface area contributed by atoms with Crippen LogP contribution in [0.1, 0.15) is 46.7 Å². The smallest absolute Gasteiger partial charge is 0.424 e. The van der Waals surface area contributed by atoms with Gasteiger partial charge in [0, 0.05) is 41.8 Å². The van der Waals surface area contributed by atoms with E-state index >= 15 is 8.78 Å². The lowest BCUT2D eigenvalue weighted by atomic mass is 9.68. The molecule has 8 nitrogen and oxygen atoms in total. The van der Waals surface area contributed by atoms with Gasteiger partial charge in [-0.15, -0.1) is 0 Å². The summed E-state index contributed by atoms with van der Waals surface area (Å²) in [4.78, 5) is 21.5. The first-order chi connectivity index (χ1) is 17.7. The fraction of sp³-hybridized carbons (Fsp3) is 0.519. The molecule has 0 N–H and O–H groups in total. The number of hydrogen-bond donors (Lipinski definition) is 0. The van der Waals surface area contributed by atoms with Crippen molar-refractivity contribution in [3.63, 3.8) is 0 Å². The number of fused-ring (bicyclic) bond motifs is 1. The maximum atomic E-state index is 15.1. The van der Waals surface area contributed by atoms with Crippen LogP contribution in [0.25, 0.3) is 17.2 Å². The summed E-state index contributed by atoms with van der Waals surface area (Å²) in [5.41, 5.74) is 1.11. The number of carbonyl (C=O) groups is 1. The minimum absolute atomic E-state index is 0.452. The van der Waals surface area contributed by atoms with E-state index in [1.807, 2.05) is 12.1 Å². The maximum absolute atomic E-state index is 15.1. The third-order valence-corrected chi connectivity index (χ3v) is 9.57. The number of hydrogen-bond acceptors (Lipinski definition) is 7. The van der Waals surface area contributed by atoms with Crippen LogP contribution in [-0.4, -0.2) is 58.7 Å². The van der Waals surface area contributed by atoms with Gasteiger partial charge in [-0.25, -0.2) is 31.3 Å². The summed E-state index contributed by atoms with van der Waals surface area (Å²) < 4.78 is 68.2. The van der Waals surface area contributed by atoms with Gasteiger partial charge in [0.2, 0.25) is 15.9 Å². The Labute approximate surface area is 222 Å². The van der Waals surface area contributed by atoms with E-state index in [0.29, 0.717) is 15.9 Å². The molecule has 1 saturated heterocycles. The molecule has 0 spiro atoms. The summed E-state index contributed by atoms with van der Waals surface area (Å²) in [6, 6.07) is 6.35. The van der Waals surface area contributed by atoms with Crippen molar-refractivity contribution in [1.82, 2.24) is 14.3 Å². The van der Waals surface area contributed by atoms with Gasteiger partial charge >= 0.3 is 6.09 Å². The Balaban J connectivity index is 1.65. The van der Waals surface area contributed by atoms with Gasteiger partial charge in [0.05, 0.1) is 24.1 Å². The molecule has 2 aromatic rings. The minimum Gasteiger partial charge on any atom is -0.481 e. The van der Waals surface area contributed by atoms with Crippen LogP contribution < -0.4 is 4.74 Å². The van der Waals surface area contributed by atoms with Crippen molar-refractivity contribution < 1.29 is 31.5 Å². The summed E-state index contributed by atoms with van der Waals surface area (Å²) >= 11 is 0. The first-order valence-electron chi connectivity index (χ1n) is 12.4. The Kier molecular flexibility index (Phi) is 7.28. The molecule has 5 atom stereocenters. The number of alkyl halides is 2. The number of allylic oxidation sites excluding steroid dienone is 1. The topological polar surface area (TPSA) is 98.7 Å². The summed E-state index contributed by atoms with van der Waals surface area (Å²) in [7, 11) is -2.82. The number of amides is 1. The number of methoxy groups -OCH3 is 1. The highest BCUT2D eigenvalue weighted by atomic mass is 32.2. The SMILES string of the molecule is COc1ncccc1-c1ccc(/C=C/[C@@H]2[C@@H]3[C@@H](C)N(C(=O)OC(C)(C)C)S(=O)(=O)[C@@H]3CC(F)(F)[C@H]2C)nc1. The van der Waals surface area contributed by atoms with E-state index in [1.165, 1.54) is 14.0 Å². The number of nitrogens with zero attached hydrogens (tertiary/aromatic N) is 3. The van der Waals surface area contributed by atoms with E-state index in [2.05, 4.69) is 9.97 Å². The van der Waals surface area contributed by atoms with Crippen LogP contribution in [0.5, 0.6) is 5.88 Å². The first kappa shape index (κ1) is 27.9. The molecule has 2 aliphatic rings. The number of halogens is 2. The molecular formula is C27H33F2N3O5S. The third-order valence-electron chi connectivity index (χ3n) is 7.30. The van der Waals surface area contributed by atoms with Crippen LogP contribution in [0.4, 0.5) is 13.6 Å². The summed E-state index contributed by atoms with van der Waals surface area (Å²) in [5, 5.41) is -1.40.